The van der Waals surface area contributed by atoms with Crippen molar-refractivity contribution < 1.29 is 5.11 Å². The molecule has 0 aliphatic rings. The molecule has 1 unspecified atom stereocenters. The Labute approximate surface area is 142 Å². The van der Waals surface area contributed by atoms with Gasteiger partial charge in [0.15, 0.2) is 5.96 Å². The van der Waals surface area contributed by atoms with Gasteiger partial charge >= 0.3 is 0 Å². The molecule has 24 heavy (non-hydrogen) atoms. The van der Waals surface area contributed by atoms with E-state index in [9.17, 15) is 5.11 Å². The molecule has 7 heteroatoms. The zero-order chi connectivity index (χ0) is 17.6. The number of guanidine groups is 1. The van der Waals surface area contributed by atoms with Gasteiger partial charge in [0, 0.05) is 31.5 Å². The van der Waals surface area contributed by atoms with Crippen molar-refractivity contribution in [1.82, 2.24) is 25.4 Å². The fraction of sp³-hybridized carbons (Fsp3) is 0.471. The van der Waals surface area contributed by atoms with E-state index in [4.69, 9.17) is 0 Å². The summed E-state index contributed by atoms with van der Waals surface area (Å²) in [5, 5.41) is 21.1. The van der Waals surface area contributed by atoms with Crippen molar-refractivity contribution in [1.29, 1.82) is 0 Å². The normalized spacial score (nSPS) is 14.3. The van der Waals surface area contributed by atoms with Crippen molar-refractivity contribution in [2.45, 2.75) is 32.9 Å². The van der Waals surface area contributed by atoms with Gasteiger partial charge in [-0.1, -0.05) is 6.07 Å². The van der Waals surface area contributed by atoms with Crippen LogP contribution in [0.25, 0.3) is 0 Å². The lowest BCUT2D eigenvalue weighted by Gasteiger charge is -2.23. The number of pyridine rings is 1. The third kappa shape index (κ3) is 4.79. The Kier molecular flexibility index (Phi) is 5.92. The average Bonchev–Trinajstić information content (AvgIpc) is 2.99. The molecule has 1 atom stereocenters. The summed E-state index contributed by atoms with van der Waals surface area (Å²) in [5.74, 6) is 0.645. The second-order valence-electron chi connectivity index (χ2n) is 5.99. The highest BCUT2D eigenvalue weighted by Gasteiger charge is 2.24. The number of hydrogen-bond donors (Lipinski definition) is 3. The molecule has 0 amide bonds. The first kappa shape index (κ1) is 17.9. The number of aliphatic imine (C=N–C) groups is 1. The minimum absolute atomic E-state index is 0.325. The molecule has 2 rings (SSSR count). The van der Waals surface area contributed by atoms with Crippen LogP contribution in [0.15, 0.2) is 35.7 Å². The summed E-state index contributed by atoms with van der Waals surface area (Å²) in [5.41, 5.74) is 1.77. The average molecular weight is 330 g/mol. The molecule has 2 heterocycles. The predicted molar refractivity (Wildman–Crippen MR) is 94.6 cm³/mol. The molecule has 0 radical (unpaired) electrons. The van der Waals surface area contributed by atoms with Crippen molar-refractivity contribution in [2.75, 3.05) is 13.1 Å². The first-order chi connectivity index (χ1) is 11.4. The Morgan fingerprint density at radius 2 is 2.21 bits per heavy atom. The van der Waals surface area contributed by atoms with Crippen LogP contribution in [-0.2, 0) is 19.2 Å². The van der Waals surface area contributed by atoms with Crippen molar-refractivity contribution in [3.63, 3.8) is 0 Å². The van der Waals surface area contributed by atoms with Crippen LogP contribution in [0.2, 0.25) is 0 Å². The van der Waals surface area contributed by atoms with Crippen molar-refractivity contribution in [3.8, 4) is 0 Å². The van der Waals surface area contributed by atoms with E-state index in [1.54, 1.807) is 24.0 Å². The van der Waals surface area contributed by atoms with Gasteiger partial charge in [-0.25, -0.2) is 4.99 Å². The number of aryl methyl sites for hydroxylation is 2. The molecular weight excluding hydrogens is 304 g/mol. The van der Waals surface area contributed by atoms with E-state index >= 15 is 0 Å². The Balaban J connectivity index is 2.02. The number of aliphatic hydroxyl groups is 1. The minimum atomic E-state index is -1.04. The molecule has 7 nitrogen and oxygen atoms in total. The van der Waals surface area contributed by atoms with Crippen LogP contribution >= 0.6 is 0 Å². The maximum absolute atomic E-state index is 10.6. The van der Waals surface area contributed by atoms with Gasteiger partial charge in [-0.2, -0.15) is 5.10 Å². The van der Waals surface area contributed by atoms with E-state index in [1.165, 1.54) is 0 Å². The lowest BCUT2D eigenvalue weighted by Crippen LogP contribution is -2.44. The summed E-state index contributed by atoms with van der Waals surface area (Å²) in [6.45, 7) is 7.32. The van der Waals surface area contributed by atoms with Crippen LogP contribution in [0.3, 0.4) is 0 Å². The summed E-state index contributed by atoms with van der Waals surface area (Å²) in [7, 11) is 1.83. The van der Waals surface area contributed by atoms with Crippen molar-refractivity contribution in [3.05, 3.63) is 47.5 Å². The van der Waals surface area contributed by atoms with Crippen LogP contribution in [0.5, 0.6) is 0 Å². The van der Waals surface area contributed by atoms with Crippen molar-refractivity contribution >= 4 is 5.96 Å². The second kappa shape index (κ2) is 7.92. The first-order valence-electron chi connectivity index (χ1n) is 8.06. The lowest BCUT2D eigenvalue weighted by molar-refractivity contribution is 0.0616. The molecule has 0 bridgehead atoms. The van der Waals surface area contributed by atoms with Gasteiger partial charge in [-0.3, -0.25) is 9.67 Å². The second-order valence-corrected chi connectivity index (χ2v) is 5.99. The highest BCUT2D eigenvalue weighted by Crippen LogP contribution is 2.18. The van der Waals surface area contributed by atoms with E-state index in [0.29, 0.717) is 19.0 Å². The quantitative estimate of drug-likeness (QED) is 0.545. The summed E-state index contributed by atoms with van der Waals surface area (Å²) in [6, 6.07) is 3.93. The van der Waals surface area contributed by atoms with Gasteiger partial charge in [-0.15, -0.1) is 0 Å². The maximum atomic E-state index is 10.6. The lowest BCUT2D eigenvalue weighted by atomic mass is 10.00. The van der Waals surface area contributed by atoms with Crippen LogP contribution in [0, 0.1) is 6.92 Å². The first-order valence-corrected chi connectivity index (χ1v) is 8.06. The van der Waals surface area contributed by atoms with E-state index in [1.807, 2.05) is 39.2 Å². The van der Waals surface area contributed by atoms with E-state index in [-0.39, 0.29) is 0 Å². The molecule has 3 N–H and O–H groups in total. The van der Waals surface area contributed by atoms with Crippen LogP contribution in [0.4, 0.5) is 0 Å². The molecule has 2 aromatic heterocycles. The van der Waals surface area contributed by atoms with E-state index in [2.05, 4.69) is 25.7 Å². The molecule has 130 valence electrons. The van der Waals surface area contributed by atoms with Gasteiger partial charge in [-0.05, 0) is 32.4 Å². The molecule has 0 aliphatic carbocycles. The summed E-state index contributed by atoms with van der Waals surface area (Å²) in [6.07, 6.45) is 5.25. The smallest absolute Gasteiger partial charge is 0.191 e. The minimum Gasteiger partial charge on any atom is -0.383 e. The molecule has 0 fully saturated rings. The third-order valence-electron chi connectivity index (χ3n) is 3.78. The van der Waals surface area contributed by atoms with Crippen LogP contribution in [0.1, 0.15) is 30.7 Å². The Bertz CT molecular complexity index is 692. The third-order valence-corrected chi connectivity index (χ3v) is 3.78. The number of aromatic nitrogens is 3. The molecule has 0 saturated heterocycles. The summed E-state index contributed by atoms with van der Waals surface area (Å²) in [4.78, 5) is 8.89. The Hall–Kier alpha value is -2.41. The fourth-order valence-corrected chi connectivity index (χ4v) is 2.24. The zero-order valence-corrected chi connectivity index (χ0v) is 14.7. The standard InChI is InChI=1S/C17H26N6O/c1-5-18-16(20-10-15-13(2)7-6-8-19-15)21-12-17(3,24)14-9-22-23(4)11-14/h6-9,11,24H,5,10,12H2,1-4H3,(H2,18,20,21). The van der Waals surface area contributed by atoms with Gasteiger partial charge in [0.05, 0.1) is 25.0 Å². The summed E-state index contributed by atoms with van der Waals surface area (Å²) >= 11 is 0. The Morgan fingerprint density at radius 3 is 2.83 bits per heavy atom. The summed E-state index contributed by atoms with van der Waals surface area (Å²) < 4.78 is 1.67. The number of nitrogens with zero attached hydrogens (tertiary/aromatic N) is 4. The number of nitrogens with one attached hydrogen (secondary N) is 2. The van der Waals surface area contributed by atoms with Crippen LogP contribution < -0.4 is 10.6 Å². The highest BCUT2D eigenvalue weighted by atomic mass is 16.3. The van der Waals surface area contributed by atoms with Gasteiger partial charge in [0.25, 0.3) is 0 Å². The Morgan fingerprint density at radius 1 is 1.42 bits per heavy atom. The highest BCUT2D eigenvalue weighted by molar-refractivity contribution is 5.79. The molecule has 0 aliphatic heterocycles. The van der Waals surface area contributed by atoms with Gasteiger partial charge in [0.1, 0.15) is 5.60 Å². The number of hydrogen-bond acceptors (Lipinski definition) is 4. The largest absolute Gasteiger partial charge is 0.383 e. The molecular formula is C17H26N6O. The van der Waals surface area contributed by atoms with Gasteiger partial charge < -0.3 is 15.7 Å². The maximum Gasteiger partial charge on any atom is 0.191 e. The topological polar surface area (TPSA) is 87.4 Å². The zero-order valence-electron chi connectivity index (χ0n) is 14.7. The number of rotatable bonds is 6. The van der Waals surface area contributed by atoms with E-state index in [0.717, 1.165) is 23.4 Å². The molecule has 2 aromatic rings. The van der Waals surface area contributed by atoms with E-state index < -0.39 is 5.60 Å². The van der Waals surface area contributed by atoms with Crippen LogP contribution in [-0.4, -0.2) is 38.9 Å². The fourth-order valence-electron chi connectivity index (χ4n) is 2.24. The molecule has 0 spiro atoms. The monoisotopic (exact) mass is 330 g/mol. The SMILES string of the molecule is CCNC(=NCc1ncccc1C)NCC(C)(O)c1cnn(C)c1. The van der Waals surface area contributed by atoms with Gasteiger partial charge in [0.2, 0.25) is 0 Å². The molecule has 0 saturated carbocycles. The predicted octanol–water partition coefficient (Wildman–Crippen LogP) is 1.09. The van der Waals surface area contributed by atoms with Crippen molar-refractivity contribution in [2.24, 2.45) is 12.0 Å². The molecule has 0 aromatic carbocycles.